The molecule has 0 spiro atoms. The van der Waals surface area contributed by atoms with Crippen molar-refractivity contribution in [2.24, 2.45) is 0 Å². The van der Waals surface area contributed by atoms with Gasteiger partial charge in [-0.3, -0.25) is 0 Å². The van der Waals surface area contributed by atoms with Crippen LogP contribution in [0.5, 0.6) is 5.75 Å². The maximum atomic E-state index is 8.94. The van der Waals surface area contributed by atoms with E-state index in [1.165, 1.54) is 5.56 Å². The Balaban J connectivity index is 0.000000810. The van der Waals surface area contributed by atoms with Crippen LogP contribution in [0.2, 0.25) is 0 Å². The molecule has 1 rings (SSSR count). The highest BCUT2D eigenvalue weighted by Crippen LogP contribution is 2.10. The third kappa shape index (κ3) is 2.07. The van der Waals surface area contributed by atoms with Crippen molar-refractivity contribution in [2.75, 3.05) is 0 Å². The molecule has 0 aliphatic rings. The van der Waals surface area contributed by atoms with Crippen LogP contribution in [0.3, 0.4) is 0 Å². The SMILES string of the molecule is CCc1cccc(O)c1.N. The van der Waals surface area contributed by atoms with E-state index in [1.807, 2.05) is 12.1 Å². The molecule has 0 heterocycles. The lowest BCUT2D eigenvalue weighted by Gasteiger charge is -1.94. The van der Waals surface area contributed by atoms with E-state index in [4.69, 9.17) is 5.11 Å². The first-order valence-corrected chi connectivity index (χ1v) is 3.11. The van der Waals surface area contributed by atoms with Crippen molar-refractivity contribution in [2.45, 2.75) is 13.3 Å². The minimum Gasteiger partial charge on any atom is -0.508 e. The van der Waals surface area contributed by atoms with Crippen molar-refractivity contribution in [1.29, 1.82) is 0 Å². The Morgan fingerprint density at radius 1 is 1.40 bits per heavy atom. The molecule has 0 aliphatic heterocycles. The average molecular weight is 139 g/mol. The molecule has 4 N–H and O–H groups in total. The first kappa shape index (κ1) is 8.98. The standard InChI is InChI=1S/C8H10O.H3N/c1-2-7-4-3-5-8(9)6-7;/h3-6,9H,2H2,1H3;1H3. The minimum atomic E-state index is 0. The summed E-state index contributed by atoms with van der Waals surface area (Å²) in [6.45, 7) is 2.06. The van der Waals surface area contributed by atoms with Gasteiger partial charge in [-0.15, -0.1) is 0 Å². The van der Waals surface area contributed by atoms with E-state index in [2.05, 4.69) is 6.92 Å². The fraction of sp³-hybridized carbons (Fsp3) is 0.250. The molecule has 2 nitrogen and oxygen atoms in total. The normalized spacial score (nSPS) is 8.50. The van der Waals surface area contributed by atoms with E-state index in [9.17, 15) is 0 Å². The molecular formula is C8H13NO. The summed E-state index contributed by atoms with van der Waals surface area (Å²) in [6, 6.07) is 7.31. The summed E-state index contributed by atoms with van der Waals surface area (Å²) < 4.78 is 0. The quantitative estimate of drug-likeness (QED) is 0.626. The van der Waals surface area contributed by atoms with Crippen LogP contribution in [-0.2, 0) is 6.42 Å². The highest BCUT2D eigenvalue weighted by Gasteiger charge is 1.87. The third-order valence-corrected chi connectivity index (χ3v) is 1.32. The summed E-state index contributed by atoms with van der Waals surface area (Å²) in [5, 5.41) is 8.94. The van der Waals surface area contributed by atoms with E-state index in [0.29, 0.717) is 5.75 Å². The van der Waals surface area contributed by atoms with Crippen molar-refractivity contribution < 1.29 is 5.11 Å². The number of phenols is 1. The Hall–Kier alpha value is -1.02. The van der Waals surface area contributed by atoms with E-state index >= 15 is 0 Å². The highest BCUT2D eigenvalue weighted by atomic mass is 16.3. The van der Waals surface area contributed by atoms with Crippen molar-refractivity contribution >= 4 is 0 Å². The predicted octanol–water partition coefficient (Wildman–Crippen LogP) is 2.12. The number of rotatable bonds is 1. The molecule has 56 valence electrons. The second-order valence-corrected chi connectivity index (χ2v) is 2.02. The topological polar surface area (TPSA) is 55.2 Å². The molecule has 1 aromatic carbocycles. The molecule has 0 amide bonds. The summed E-state index contributed by atoms with van der Waals surface area (Å²) in [6.07, 6.45) is 0.981. The number of phenolic OH excluding ortho intramolecular Hbond substituents is 1. The lowest BCUT2D eigenvalue weighted by atomic mass is 10.2. The molecule has 1 aromatic rings. The maximum absolute atomic E-state index is 8.94. The predicted molar refractivity (Wildman–Crippen MR) is 42.5 cm³/mol. The zero-order valence-corrected chi connectivity index (χ0v) is 6.17. The summed E-state index contributed by atoms with van der Waals surface area (Å²) >= 11 is 0. The number of hydrogen-bond acceptors (Lipinski definition) is 2. The zero-order chi connectivity index (χ0) is 6.69. The number of aryl methyl sites for hydroxylation is 1. The van der Waals surface area contributed by atoms with Gasteiger partial charge < -0.3 is 11.3 Å². The zero-order valence-electron chi connectivity index (χ0n) is 6.17. The molecule has 0 atom stereocenters. The molecule has 0 radical (unpaired) electrons. The molecule has 0 aliphatic carbocycles. The van der Waals surface area contributed by atoms with Crippen molar-refractivity contribution in [1.82, 2.24) is 6.15 Å². The lowest BCUT2D eigenvalue weighted by Crippen LogP contribution is -1.75. The van der Waals surface area contributed by atoms with Crippen molar-refractivity contribution in [3.63, 3.8) is 0 Å². The minimum absolute atomic E-state index is 0. The highest BCUT2D eigenvalue weighted by molar-refractivity contribution is 5.26. The Labute approximate surface area is 61.1 Å². The smallest absolute Gasteiger partial charge is 0.115 e. The summed E-state index contributed by atoms with van der Waals surface area (Å²) in [5.74, 6) is 0.356. The molecule has 0 fully saturated rings. The Kier molecular flexibility index (Phi) is 3.51. The summed E-state index contributed by atoms with van der Waals surface area (Å²) in [5.41, 5.74) is 1.18. The largest absolute Gasteiger partial charge is 0.508 e. The van der Waals surface area contributed by atoms with E-state index < -0.39 is 0 Å². The molecular weight excluding hydrogens is 126 g/mol. The van der Waals surface area contributed by atoms with Gasteiger partial charge in [0, 0.05) is 0 Å². The Bertz CT molecular complexity index is 198. The van der Waals surface area contributed by atoms with Crippen LogP contribution in [0.15, 0.2) is 24.3 Å². The molecule has 0 saturated carbocycles. The van der Waals surface area contributed by atoms with Gasteiger partial charge in [-0.05, 0) is 24.1 Å². The molecule has 0 saturated heterocycles. The van der Waals surface area contributed by atoms with E-state index in [0.717, 1.165) is 6.42 Å². The molecule has 0 aromatic heterocycles. The van der Waals surface area contributed by atoms with Crippen LogP contribution >= 0.6 is 0 Å². The van der Waals surface area contributed by atoms with Crippen LogP contribution in [-0.4, -0.2) is 5.11 Å². The Morgan fingerprint density at radius 2 is 2.10 bits per heavy atom. The van der Waals surface area contributed by atoms with Gasteiger partial charge in [0.1, 0.15) is 5.75 Å². The van der Waals surface area contributed by atoms with Crippen molar-refractivity contribution in [3.05, 3.63) is 29.8 Å². The van der Waals surface area contributed by atoms with E-state index in [-0.39, 0.29) is 6.15 Å². The van der Waals surface area contributed by atoms with Gasteiger partial charge in [0.25, 0.3) is 0 Å². The maximum Gasteiger partial charge on any atom is 0.115 e. The third-order valence-electron chi connectivity index (χ3n) is 1.32. The first-order valence-electron chi connectivity index (χ1n) is 3.11. The van der Waals surface area contributed by atoms with Crippen molar-refractivity contribution in [3.8, 4) is 5.75 Å². The molecule has 0 bridgehead atoms. The number of hydrogen-bond donors (Lipinski definition) is 2. The second-order valence-electron chi connectivity index (χ2n) is 2.02. The molecule has 0 unspecified atom stereocenters. The van der Waals surface area contributed by atoms with Gasteiger partial charge in [0.15, 0.2) is 0 Å². The average Bonchev–Trinajstić information content (AvgIpc) is 1.88. The van der Waals surface area contributed by atoms with Gasteiger partial charge in [-0.1, -0.05) is 19.1 Å². The van der Waals surface area contributed by atoms with Crippen LogP contribution in [0, 0.1) is 0 Å². The molecule has 10 heavy (non-hydrogen) atoms. The Morgan fingerprint density at radius 3 is 2.50 bits per heavy atom. The molecule has 2 heteroatoms. The van der Waals surface area contributed by atoms with Gasteiger partial charge >= 0.3 is 0 Å². The van der Waals surface area contributed by atoms with Gasteiger partial charge in [0.2, 0.25) is 0 Å². The fourth-order valence-corrected chi connectivity index (χ4v) is 0.776. The number of aromatic hydroxyl groups is 1. The van der Waals surface area contributed by atoms with Gasteiger partial charge in [0.05, 0.1) is 0 Å². The lowest BCUT2D eigenvalue weighted by molar-refractivity contribution is 0.474. The van der Waals surface area contributed by atoms with Crippen LogP contribution in [0.4, 0.5) is 0 Å². The second kappa shape index (κ2) is 3.90. The van der Waals surface area contributed by atoms with Crippen LogP contribution in [0.25, 0.3) is 0 Å². The van der Waals surface area contributed by atoms with Gasteiger partial charge in [-0.2, -0.15) is 0 Å². The van der Waals surface area contributed by atoms with Crippen LogP contribution < -0.4 is 6.15 Å². The number of benzene rings is 1. The monoisotopic (exact) mass is 139 g/mol. The summed E-state index contributed by atoms with van der Waals surface area (Å²) in [4.78, 5) is 0. The first-order chi connectivity index (χ1) is 4.33. The van der Waals surface area contributed by atoms with Gasteiger partial charge in [-0.25, -0.2) is 0 Å². The fourth-order valence-electron chi connectivity index (χ4n) is 0.776. The summed E-state index contributed by atoms with van der Waals surface area (Å²) in [7, 11) is 0. The van der Waals surface area contributed by atoms with E-state index in [1.54, 1.807) is 12.1 Å². The van der Waals surface area contributed by atoms with Crippen LogP contribution in [0.1, 0.15) is 12.5 Å².